The van der Waals surface area contributed by atoms with Crippen LogP contribution >= 0.6 is 11.3 Å². The summed E-state index contributed by atoms with van der Waals surface area (Å²) in [5.41, 5.74) is 11.1. The van der Waals surface area contributed by atoms with E-state index in [4.69, 9.17) is 25.3 Å². The van der Waals surface area contributed by atoms with Crippen molar-refractivity contribution in [2.24, 2.45) is 33.3 Å². The number of pyridine rings is 1. The van der Waals surface area contributed by atoms with Gasteiger partial charge in [0.05, 0.1) is 28.6 Å². The summed E-state index contributed by atoms with van der Waals surface area (Å²) in [4.78, 5) is 130. The fourth-order valence-electron chi connectivity index (χ4n) is 17.4. The van der Waals surface area contributed by atoms with Crippen molar-refractivity contribution < 1.29 is 57.7 Å². The Morgan fingerprint density at radius 1 is 0.827 bits per heavy atom. The standard InChI is InChI=1S/C72H85N13O12S/c1-43(2)59(80-56(86)19-8-7-11-30-84-57(87)26-27-58(84)88)63(91)77-53(17-13-29-74-65(73)94)62(90)76-47-22-20-45(21-23-47)36-96-67(95)82(6)32-33-97-71-38-68(4)37-69(5)40-70(41-71,72(69,71)39-68)42-85-44(3)50(34-75-85)48-24-25-55(79-60(48)64(92)93)83-31-28-46-14-12-15-49(51(46)35-83)61(89)81-66-78-52-16-9-10-18-54(52)98-66/h9-10,12,14-16,18,20-27,34,43,53,59H,7-8,11,13,17,19,28-33,35-42H2,1-6H3,(H,76,90)(H,77,91)(H,80,86)(H,92,93)(H3,73,74,94)(H,78,81,89)/t53-,59-,68?,69?,70?,71?,72?/m0/s1. The third kappa shape index (κ3) is 13.2. The number of fused-ring (bicyclic) bond motifs is 3. The number of anilines is 3. The zero-order valence-electron chi connectivity index (χ0n) is 56.2. The number of thiazole rings is 1. The van der Waals surface area contributed by atoms with Gasteiger partial charge in [-0.25, -0.2) is 24.4 Å². The number of amides is 9. The summed E-state index contributed by atoms with van der Waals surface area (Å²) >= 11 is 1.42. The summed E-state index contributed by atoms with van der Waals surface area (Å²) in [7, 11) is 1.68. The second-order valence-corrected chi connectivity index (χ2v) is 29.5. The average Bonchev–Trinajstić information content (AvgIpc) is 1.38. The number of carbonyl (C=O) groups excluding carboxylic acids is 8. The number of imide groups is 1. The highest BCUT2D eigenvalue weighted by molar-refractivity contribution is 7.22. The number of primary amides is 1. The van der Waals surface area contributed by atoms with E-state index in [0.717, 1.165) is 64.0 Å². The number of benzene rings is 3. The largest absolute Gasteiger partial charge is 0.476 e. The van der Waals surface area contributed by atoms with E-state index >= 15 is 0 Å². The predicted molar refractivity (Wildman–Crippen MR) is 367 cm³/mol. The Balaban J connectivity index is 0.626. The molecule has 4 saturated carbocycles. The maximum absolute atomic E-state index is 13.8. The van der Waals surface area contributed by atoms with Crippen LogP contribution in [-0.4, -0.2) is 146 Å². The highest BCUT2D eigenvalue weighted by Crippen LogP contribution is 2.96. The predicted octanol–water partition coefficient (Wildman–Crippen LogP) is 8.89. The van der Waals surface area contributed by atoms with Gasteiger partial charge in [-0.2, -0.15) is 5.10 Å². The minimum atomic E-state index is -1.15. The molecule has 0 radical (unpaired) electrons. The third-order valence-electron chi connectivity index (χ3n) is 21.3. The first-order valence-electron chi connectivity index (χ1n) is 33.7. The first kappa shape index (κ1) is 68.4. The number of carboxylic acid groups (broad SMARTS) is 1. The number of hydrogen-bond donors (Lipinski definition) is 7. The number of aromatic carboxylic acids is 1. The molecule has 8 N–H and O–H groups in total. The van der Waals surface area contributed by atoms with E-state index in [1.54, 1.807) is 51.4 Å². The molecule has 4 fully saturated rings. The van der Waals surface area contributed by atoms with Crippen LogP contribution in [0.3, 0.4) is 0 Å². The van der Waals surface area contributed by atoms with E-state index in [1.165, 1.54) is 28.4 Å². The van der Waals surface area contributed by atoms with E-state index in [0.29, 0.717) is 104 Å². The van der Waals surface area contributed by atoms with Crippen LogP contribution in [0.1, 0.15) is 142 Å². The summed E-state index contributed by atoms with van der Waals surface area (Å²) in [6, 6.07) is 21.1. The molecule has 7 atom stereocenters. The van der Waals surface area contributed by atoms with E-state index in [-0.39, 0.29) is 95.0 Å². The summed E-state index contributed by atoms with van der Waals surface area (Å²) in [6.07, 6.45) is 11.3. The molecule has 6 aromatic rings. The SMILES string of the molecule is Cc1c(-c2ccc(N3CCc4cccc(C(=O)Nc5nc6ccccc6s5)c4C3)nc2C(=O)O)cnn1CC12CC3(C)CC4(C)CC(OCCN(C)C(=O)OCc5ccc(NC(=O)[C@H](CCCNC(N)=O)NC(=O)[C@@H](NC(=O)CCCCCN6C(=O)C=CC6=O)C(C)C)cc5)(C1)C32C4. The number of nitrogens with zero attached hydrogens (tertiary/aromatic N) is 7. The molecule has 5 heterocycles. The lowest BCUT2D eigenvalue weighted by Crippen LogP contribution is -2.83. The quantitative estimate of drug-likeness (QED) is 0.0170. The fraction of sp³-hybridized carbons (Fsp3) is 0.472. The molecule has 98 heavy (non-hydrogen) atoms. The maximum atomic E-state index is 13.8. The molecule has 2 aliphatic heterocycles. The van der Waals surface area contributed by atoms with Gasteiger partial charge >= 0.3 is 18.1 Å². The van der Waals surface area contributed by atoms with Crippen molar-refractivity contribution in [3.63, 3.8) is 0 Å². The van der Waals surface area contributed by atoms with Crippen molar-refractivity contribution in [1.29, 1.82) is 0 Å². The van der Waals surface area contributed by atoms with Crippen LogP contribution in [0.5, 0.6) is 0 Å². The third-order valence-corrected chi connectivity index (χ3v) is 22.3. The Bertz CT molecular complexity index is 4140. The van der Waals surface area contributed by atoms with Crippen LogP contribution < -0.4 is 37.2 Å². The van der Waals surface area contributed by atoms with Crippen LogP contribution in [0.15, 0.2) is 97.2 Å². The monoisotopic (exact) mass is 1360 g/mol. The number of nitrogens with two attached hydrogens (primary N) is 1. The number of carboxylic acids is 1. The molecule has 6 aliphatic rings. The van der Waals surface area contributed by atoms with Crippen molar-refractivity contribution >= 4 is 91.7 Å². The number of nitrogens with one attached hydrogen (secondary N) is 5. The number of aromatic nitrogens is 4. The first-order valence-corrected chi connectivity index (χ1v) is 34.5. The summed E-state index contributed by atoms with van der Waals surface area (Å²) in [5, 5.41) is 30.1. The van der Waals surface area contributed by atoms with Crippen molar-refractivity contribution in [2.75, 3.05) is 55.4 Å². The summed E-state index contributed by atoms with van der Waals surface area (Å²) in [5.74, 6) is -3.43. The molecule has 3 aromatic heterocycles. The molecular formula is C72H85N13O12S. The van der Waals surface area contributed by atoms with Crippen molar-refractivity contribution in [3.8, 4) is 11.1 Å². The number of para-hydroxylation sites is 1. The molecule has 26 heteroatoms. The fourth-order valence-corrected chi connectivity index (χ4v) is 18.3. The molecule has 1 spiro atoms. The second kappa shape index (κ2) is 27.4. The molecule has 12 rings (SSSR count). The summed E-state index contributed by atoms with van der Waals surface area (Å²) < 4.78 is 15.8. The van der Waals surface area contributed by atoms with E-state index in [9.17, 15) is 48.3 Å². The number of rotatable bonds is 29. The van der Waals surface area contributed by atoms with Gasteiger partial charge in [-0.05, 0) is 147 Å². The number of ether oxygens (including phenoxy) is 2. The van der Waals surface area contributed by atoms with Crippen molar-refractivity contribution in [1.82, 2.24) is 45.5 Å². The van der Waals surface area contributed by atoms with Gasteiger partial charge in [0, 0.05) is 104 Å². The van der Waals surface area contributed by atoms with Gasteiger partial charge < -0.3 is 51.4 Å². The lowest BCUT2D eigenvalue weighted by Gasteiger charge is -2.83. The zero-order chi connectivity index (χ0) is 69.5. The Kier molecular flexibility index (Phi) is 19.1. The van der Waals surface area contributed by atoms with E-state index in [1.807, 2.05) is 71.1 Å². The normalized spacial score (nSPS) is 22.9. The first-order chi connectivity index (χ1) is 46.8. The molecule has 0 saturated heterocycles. The maximum Gasteiger partial charge on any atom is 0.409 e. The van der Waals surface area contributed by atoms with E-state index < -0.39 is 42.0 Å². The molecule has 25 nitrogen and oxygen atoms in total. The lowest BCUT2D eigenvalue weighted by atomic mass is 9.23. The highest BCUT2D eigenvalue weighted by atomic mass is 32.1. The Morgan fingerprint density at radius 3 is 2.34 bits per heavy atom. The molecule has 9 amide bonds. The van der Waals surface area contributed by atoms with Gasteiger partial charge in [0.15, 0.2) is 10.8 Å². The molecule has 2 bridgehead atoms. The minimum absolute atomic E-state index is 0.0458. The molecule has 3 aromatic carbocycles. The Labute approximate surface area is 572 Å². The molecule has 516 valence electrons. The lowest BCUT2D eigenvalue weighted by molar-refractivity contribution is -0.398. The smallest absolute Gasteiger partial charge is 0.409 e. The average molecular weight is 1360 g/mol. The van der Waals surface area contributed by atoms with Gasteiger partial charge in [0.2, 0.25) is 17.7 Å². The van der Waals surface area contributed by atoms with Gasteiger partial charge in [0.1, 0.15) is 24.5 Å². The molecule has 4 aliphatic carbocycles. The Hall–Kier alpha value is -9.56. The Morgan fingerprint density at radius 2 is 1.60 bits per heavy atom. The van der Waals surface area contributed by atoms with Gasteiger partial charge in [-0.1, -0.05) is 81.9 Å². The van der Waals surface area contributed by atoms with Gasteiger partial charge in [-0.15, -0.1) is 0 Å². The zero-order valence-corrected chi connectivity index (χ0v) is 57.0. The second-order valence-electron chi connectivity index (χ2n) is 28.4. The van der Waals surface area contributed by atoms with Crippen LogP contribution in [0.25, 0.3) is 21.3 Å². The van der Waals surface area contributed by atoms with Gasteiger partial charge in [0.25, 0.3) is 17.7 Å². The highest BCUT2D eigenvalue weighted by Gasteiger charge is 2.93. The topological polar surface area (TPSA) is 332 Å². The molecule has 5 unspecified atom stereocenters. The van der Waals surface area contributed by atoms with Crippen LogP contribution in [0.4, 0.5) is 26.2 Å². The number of urea groups is 1. The molecular weight excluding hydrogens is 1270 g/mol. The number of hydrogen-bond acceptors (Lipinski definition) is 16. The van der Waals surface area contributed by atoms with E-state index in [2.05, 4.69) is 45.4 Å². The number of carbonyl (C=O) groups is 9. The van der Waals surface area contributed by atoms with Crippen molar-refractivity contribution in [2.45, 2.75) is 149 Å². The minimum Gasteiger partial charge on any atom is -0.476 e. The summed E-state index contributed by atoms with van der Waals surface area (Å²) in [6.45, 7) is 12.9. The van der Waals surface area contributed by atoms with Crippen molar-refractivity contribution in [3.05, 3.63) is 131 Å². The number of unbranched alkanes of at least 4 members (excludes halogenated alkanes) is 2. The van der Waals surface area contributed by atoms with Crippen LogP contribution in [0, 0.1) is 34.5 Å². The van der Waals surface area contributed by atoms with Crippen LogP contribution in [0.2, 0.25) is 0 Å². The van der Waals surface area contributed by atoms with Gasteiger partial charge in [-0.3, -0.25) is 43.7 Å². The number of likely N-dealkylation sites (N-methyl/N-ethyl adjacent to an activating group) is 1. The van der Waals surface area contributed by atoms with Crippen LogP contribution in [-0.2, 0) is 59.6 Å².